The maximum absolute atomic E-state index is 10.8. The molecule has 0 heterocycles. The molecule has 0 radical (unpaired) electrons. The lowest BCUT2D eigenvalue weighted by Gasteiger charge is -2.10. The Morgan fingerprint density at radius 3 is 2.81 bits per heavy atom. The van der Waals surface area contributed by atoms with Crippen molar-refractivity contribution in [3.05, 3.63) is 33.9 Å². The number of nitro benzene ring substituents is 1. The Balaban J connectivity index is 2.82. The van der Waals surface area contributed by atoms with Crippen LogP contribution in [0.2, 0.25) is 0 Å². The molecule has 0 saturated carbocycles. The van der Waals surface area contributed by atoms with E-state index < -0.39 is 4.92 Å². The molecule has 1 unspecified atom stereocenters. The summed E-state index contributed by atoms with van der Waals surface area (Å²) in [5.74, 6) is 0.205. The quantitative estimate of drug-likeness (QED) is 0.613. The lowest BCUT2D eigenvalue weighted by atomic mass is 10.2. The van der Waals surface area contributed by atoms with Crippen LogP contribution in [0.25, 0.3) is 0 Å². The van der Waals surface area contributed by atoms with Gasteiger partial charge in [-0.2, -0.15) is 0 Å². The lowest BCUT2D eigenvalue weighted by molar-refractivity contribution is -0.386. The largest absolute Gasteiger partial charge is 0.486 e. The molecule has 16 heavy (non-hydrogen) atoms. The summed E-state index contributed by atoms with van der Waals surface area (Å²) in [6.45, 7) is 3.85. The van der Waals surface area contributed by atoms with Gasteiger partial charge in [-0.3, -0.25) is 10.1 Å². The number of benzene rings is 1. The van der Waals surface area contributed by atoms with Gasteiger partial charge < -0.3 is 9.84 Å². The predicted octanol–water partition coefficient (Wildman–Crippen LogP) is 1.91. The number of nitro groups is 1. The molecule has 1 N–H and O–H groups in total. The van der Waals surface area contributed by atoms with Gasteiger partial charge in [0, 0.05) is 18.6 Å². The molecule has 0 aliphatic rings. The first kappa shape index (κ1) is 12.4. The van der Waals surface area contributed by atoms with Crippen LogP contribution in [0.4, 0.5) is 5.69 Å². The second-order valence-corrected chi connectivity index (χ2v) is 3.83. The number of aryl methyl sites for hydroxylation is 1. The molecule has 0 aliphatic carbocycles. The van der Waals surface area contributed by atoms with Gasteiger partial charge in [0.2, 0.25) is 0 Å². The molecule has 1 aromatic rings. The summed E-state index contributed by atoms with van der Waals surface area (Å²) in [7, 11) is 0. The summed E-state index contributed by atoms with van der Waals surface area (Å²) in [6, 6.07) is 4.81. The molecular formula is C11H15NO4. The van der Waals surface area contributed by atoms with Crippen molar-refractivity contribution >= 4 is 5.69 Å². The van der Waals surface area contributed by atoms with Gasteiger partial charge in [0.15, 0.2) is 5.75 Å². The summed E-state index contributed by atoms with van der Waals surface area (Å²) in [6.07, 6.45) is 0. The van der Waals surface area contributed by atoms with Crippen molar-refractivity contribution in [2.75, 3.05) is 13.2 Å². The number of hydrogen-bond donors (Lipinski definition) is 1. The highest BCUT2D eigenvalue weighted by molar-refractivity contribution is 5.48. The van der Waals surface area contributed by atoms with Crippen LogP contribution in [-0.4, -0.2) is 23.2 Å². The van der Waals surface area contributed by atoms with E-state index in [4.69, 9.17) is 9.84 Å². The number of nitrogens with zero attached hydrogens (tertiary/aromatic N) is 1. The second kappa shape index (κ2) is 5.46. The van der Waals surface area contributed by atoms with E-state index in [2.05, 4.69) is 0 Å². The van der Waals surface area contributed by atoms with Crippen LogP contribution in [0.3, 0.4) is 0 Å². The van der Waals surface area contributed by atoms with Crippen molar-refractivity contribution in [2.24, 2.45) is 5.92 Å². The standard InChI is InChI=1S/C11H15NO4/c1-8-3-4-11(10(5-8)12(14)15)16-7-9(2)6-13/h3-5,9,13H,6-7H2,1-2H3. The molecule has 88 valence electrons. The highest BCUT2D eigenvalue weighted by Gasteiger charge is 2.15. The van der Waals surface area contributed by atoms with Gasteiger partial charge in [-0.15, -0.1) is 0 Å². The first-order valence-electron chi connectivity index (χ1n) is 5.03. The van der Waals surface area contributed by atoms with Crippen molar-refractivity contribution in [3.63, 3.8) is 0 Å². The van der Waals surface area contributed by atoms with Crippen molar-refractivity contribution in [1.82, 2.24) is 0 Å². The molecule has 0 aliphatic heterocycles. The third kappa shape index (κ3) is 3.20. The Morgan fingerprint density at radius 2 is 2.25 bits per heavy atom. The van der Waals surface area contributed by atoms with Crippen LogP contribution in [0.15, 0.2) is 18.2 Å². The number of aliphatic hydroxyl groups is 1. The van der Waals surface area contributed by atoms with E-state index in [-0.39, 0.29) is 30.6 Å². The zero-order valence-corrected chi connectivity index (χ0v) is 9.34. The van der Waals surface area contributed by atoms with Gasteiger partial charge in [-0.25, -0.2) is 0 Å². The van der Waals surface area contributed by atoms with Gasteiger partial charge >= 0.3 is 5.69 Å². The fourth-order valence-electron chi connectivity index (χ4n) is 1.18. The minimum atomic E-state index is -0.466. The van der Waals surface area contributed by atoms with Gasteiger partial charge in [0.05, 0.1) is 11.5 Å². The molecule has 1 atom stereocenters. The fourth-order valence-corrected chi connectivity index (χ4v) is 1.18. The van der Waals surface area contributed by atoms with E-state index in [0.29, 0.717) is 0 Å². The number of rotatable bonds is 5. The van der Waals surface area contributed by atoms with Crippen molar-refractivity contribution in [3.8, 4) is 5.75 Å². The van der Waals surface area contributed by atoms with Crippen molar-refractivity contribution < 1.29 is 14.8 Å². The summed E-state index contributed by atoms with van der Waals surface area (Å²) in [5.41, 5.74) is 0.777. The highest BCUT2D eigenvalue weighted by atomic mass is 16.6. The van der Waals surface area contributed by atoms with E-state index in [9.17, 15) is 10.1 Å². The van der Waals surface area contributed by atoms with Gasteiger partial charge in [0.25, 0.3) is 0 Å². The van der Waals surface area contributed by atoms with Crippen LogP contribution >= 0.6 is 0 Å². The predicted molar refractivity (Wildman–Crippen MR) is 59.6 cm³/mol. The molecule has 1 rings (SSSR count). The minimum absolute atomic E-state index is 0.000338. The van der Waals surface area contributed by atoms with Crippen LogP contribution < -0.4 is 4.74 Å². The topological polar surface area (TPSA) is 72.6 Å². The molecule has 0 spiro atoms. The summed E-state index contributed by atoms with van der Waals surface area (Å²) in [4.78, 5) is 10.3. The minimum Gasteiger partial charge on any atom is -0.486 e. The maximum Gasteiger partial charge on any atom is 0.311 e. The average Bonchev–Trinajstić information content (AvgIpc) is 2.26. The monoisotopic (exact) mass is 225 g/mol. The first-order chi connectivity index (χ1) is 7.54. The molecule has 0 saturated heterocycles. The Bertz CT molecular complexity index is 378. The van der Waals surface area contributed by atoms with Crippen LogP contribution in [-0.2, 0) is 0 Å². The number of ether oxygens (including phenoxy) is 1. The number of aliphatic hydroxyl groups excluding tert-OH is 1. The average molecular weight is 225 g/mol. The summed E-state index contributed by atoms with van der Waals surface area (Å²) in [5, 5.41) is 19.6. The summed E-state index contributed by atoms with van der Waals surface area (Å²) >= 11 is 0. The molecule has 1 aromatic carbocycles. The van der Waals surface area contributed by atoms with E-state index in [1.165, 1.54) is 6.07 Å². The highest BCUT2D eigenvalue weighted by Crippen LogP contribution is 2.27. The SMILES string of the molecule is Cc1ccc(OCC(C)CO)c([N+](=O)[O-])c1. The van der Waals surface area contributed by atoms with Gasteiger partial charge in [-0.1, -0.05) is 13.0 Å². The fraction of sp³-hybridized carbons (Fsp3) is 0.455. The second-order valence-electron chi connectivity index (χ2n) is 3.83. The van der Waals surface area contributed by atoms with E-state index >= 15 is 0 Å². The molecule has 0 fully saturated rings. The summed E-state index contributed by atoms with van der Waals surface area (Å²) < 4.78 is 5.30. The lowest BCUT2D eigenvalue weighted by Crippen LogP contribution is -2.12. The first-order valence-corrected chi connectivity index (χ1v) is 5.03. The van der Waals surface area contributed by atoms with E-state index in [1.54, 1.807) is 26.0 Å². The third-order valence-electron chi connectivity index (χ3n) is 2.15. The Kier molecular flexibility index (Phi) is 4.25. The molecule has 0 bridgehead atoms. The number of hydrogen-bond acceptors (Lipinski definition) is 4. The van der Waals surface area contributed by atoms with E-state index in [1.807, 2.05) is 0 Å². The molecule has 5 heteroatoms. The zero-order valence-electron chi connectivity index (χ0n) is 9.34. The van der Waals surface area contributed by atoms with Crippen LogP contribution in [0.5, 0.6) is 5.75 Å². The van der Waals surface area contributed by atoms with Crippen LogP contribution in [0, 0.1) is 23.0 Å². The molecular weight excluding hydrogens is 210 g/mol. The third-order valence-corrected chi connectivity index (χ3v) is 2.15. The van der Waals surface area contributed by atoms with Crippen LogP contribution in [0.1, 0.15) is 12.5 Å². The van der Waals surface area contributed by atoms with E-state index in [0.717, 1.165) is 5.56 Å². The Hall–Kier alpha value is -1.62. The normalized spacial score (nSPS) is 12.2. The molecule has 0 amide bonds. The molecule has 5 nitrogen and oxygen atoms in total. The Morgan fingerprint density at radius 1 is 1.56 bits per heavy atom. The van der Waals surface area contributed by atoms with Crippen molar-refractivity contribution in [1.29, 1.82) is 0 Å². The zero-order chi connectivity index (χ0) is 12.1. The Labute approximate surface area is 93.8 Å². The van der Waals surface area contributed by atoms with Crippen molar-refractivity contribution in [2.45, 2.75) is 13.8 Å². The maximum atomic E-state index is 10.8. The smallest absolute Gasteiger partial charge is 0.311 e. The van der Waals surface area contributed by atoms with Gasteiger partial charge in [0.1, 0.15) is 0 Å². The molecule has 0 aromatic heterocycles. The van der Waals surface area contributed by atoms with Gasteiger partial charge in [-0.05, 0) is 18.6 Å².